The number of ether oxygens (including phenoxy) is 3. The number of nitrogens with two attached hydrogens (primary N) is 1. The number of carbonyl (C=O) groups is 2. The van der Waals surface area contributed by atoms with Gasteiger partial charge >= 0.3 is 0 Å². The summed E-state index contributed by atoms with van der Waals surface area (Å²) in [6.45, 7) is 0. The molecule has 0 unspecified atom stereocenters. The van der Waals surface area contributed by atoms with Gasteiger partial charge in [-0.2, -0.15) is 0 Å². The van der Waals surface area contributed by atoms with Gasteiger partial charge in [0.05, 0.1) is 26.9 Å². The predicted octanol–water partition coefficient (Wildman–Crippen LogP) is 1.58. The molecule has 0 atom stereocenters. The van der Waals surface area contributed by atoms with Crippen molar-refractivity contribution in [2.24, 2.45) is 5.92 Å². The lowest BCUT2D eigenvalue weighted by Gasteiger charge is -2.26. The van der Waals surface area contributed by atoms with E-state index in [1.807, 2.05) is 24.3 Å². The van der Waals surface area contributed by atoms with Crippen molar-refractivity contribution in [1.29, 1.82) is 0 Å². The van der Waals surface area contributed by atoms with Gasteiger partial charge in [0.2, 0.25) is 17.6 Å². The fourth-order valence-corrected chi connectivity index (χ4v) is 3.58. The Hall–Kier alpha value is -3.07. The molecule has 0 aromatic heterocycles. The lowest BCUT2D eigenvalue weighted by molar-refractivity contribution is -0.138. The number of amides is 2. The minimum atomic E-state index is -0.801. The number of thiol groups is 1. The summed E-state index contributed by atoms with van der Waals surface area (Å²) in [4.78, 5) is 24.2. The maximum Gasteiger partial charge on any atom is 0.235 e. The van der Waals surface area contributed by atoms with Crippen LogP contribution in [0.2, 0.25) is 0 Å². The number of anilines is 1. The highest BCUT2D eigenvalue weighted by atomic mass is 32.1. The average molecular weight is 417 g/mol. The molecule has 0 bridgehead atoms. The van der Waals surface area contributed by atoms with Crippen LogP contribution in [0.3, 0.4) is 0 Å². The molecule has 9 heteroatoms. The molecule has 1 aliphatic rings. The molecular formula is C20H23N3O5S. The fourth-order valence-electron chi connectivity index (χ4n) is 3.33. The maximum absolute atomic E-state index is 12.1. The van der Waals surface area contributed by atoms with Crippen LogP contribution in [0.15, 0.2) is 30.3 Å². The van der Waals surface area contributed by atoms with Crippen molar-refractivity contribution in [3.8, 4) is 28.4 Å². The second-order valence-electron chi connectivity index (χ2n) is 6.48. The van der Waals surface area contributed by atoms with Crippen molar-refractivity contribution < 1.29 is 23.8 Å². The Morgan fingerprint density at radius 2 is 1.55 bits per heavy atom. The first kappa shape index (κ1) is 20.7. The number of hydrogen-bond donors (Lipinski definition) is 4. The molecule has 2 amide bonds. The third kappa shape index (κ3) is 4.04. The van der Waals surface area contributed by atoms with E-state index in [0.29, 0.717) is 28.5 Å². The number of nitrogens with one attached hydrogen (secondary N) is 2. The SMILES string of the molecule is COc1cc(N)c(-c2ccc(CC3C(=O)NC(S)NC3=O)cc2)c(OC)c1OC. The van der Waals surface area contributed by atoms with Gasteiger partial charge in [-0.3, -0.25) is 9.59 Å². The summed E-state index contributed by atoms with van der Waals surface area (Å²) in [6.07, 6.45) is 0.275. The van der Waals surface area contributed by atoms with E-state index in [0.717, 1.165) is 11.1 Å². The second kappa shape index (κ2) is 8.52. The Kier molecular flexibility index (Phi) is 6.07. The second-order valence-corrected chi connectivity index (χ2v) is 7.00. The molecule has 0 spiro atoms. The Balaban J connectivity index is 1.91. The molecule has 2 aromatic carbocycles. The first-order valence-electron chi connectivity index (χ1n) is 8.86. The minimum absolute atomic E-state index is 0.275. The monoisotopic (exact) mass is 417 g/mol. The zero-order chi connectivity index (χ0) is 21.1. The van der Waals surface area contributed by atoms with Gasteiger partial charge < -0.3 is 30.6 Å². The molecule has 1 heterocycles. The van der Waals surface area contributed by atoms with Crippen LogP contribution in [0.25, 0.3) is 11.1 Å². The largest absolute Gasteiger partial charge is 0.493 e. The Labute approximate surface area is 174 Å². The number of benzene rings is 2. The van der Waals surface area contributed by atoms with E-state index >= 15 is 0 Å². The third-order valence-electron chi connectivity index (χ3n) is 4.73. The number of nitrogen functional groups attached to an aromatic ring is 1. The summed E-state index contributed by atoms with van der Waals surface area (Å²) in [5, 5.41) is 5.20. The van der Waals surface area contributed by atoms with E-state index < -0.39 is 11.4 Å². The molecule has 1 aliphatic heterocycles. The Morgan fingerprint density at radius 3 is 2.07 bits per heavy atom. The summed E-state index contributed by atoms with van der Waals surface area (Å²) < 4.78 is 16.3. The molecule has 3 rings (SSSR count). The van der Waals surface area contributed by atoms with Crippen LogP contribution >= 0.6 is 12.6 Å². The van der Waals surface area contributed by atoms with Crippen LogP contribution < -0.4 is 30.6 Å². The average Bonchev–Trinajstić information content (AvgIpc) is 2.70. The fraction of sp³-hybridized carbons (Fsp3) is 0.300. The molecule has 1 saturated heterocycles. The quantitative estimate of drug-likeness (QED) is 0.323. The third-order valence-corrected chi connectivity index (χ3v) is 4.99. The Morgan fingerprint density at radius 1 is 0.966 bits per heavy atom. The number of methoxy groups -OCH3 is 3. The van der Waals surface area contributed by atoms with Gasteiger partial charge in [-0.1, -0.05) is 24.3 Å². The molecule has 29 heavy (non-hydrogen) atoms. The minimum Gasteiger partial charge on any atom is -0.493 e. The van der Waals surface area contributed by atoms with Crippen molar-refractivity contribution >= 4 is 30.1 Å². The van der Waals surface area contributed by atoms with Crippen LogP contribution in [-0.2, 0) is 16.0 Å². The van der Waals surface area contributed by atoms with Gasteiger partial charge in [-0.25, -0.2) is 0 Å². The van der Waals surface area contributed by atoms with Crippen LogP contribution in [0, 0.1) is 5.92 Å². The van der Waals surface area contributed by atoms with Crippen LogP contribution in [-0.4, -0.2) is 38.6 Å². The normalized spacial score (nSPS) is 18.6. The molecule has 4 N–H and O–H groups in total. The van der Waals surface area contributed by atoms with Crippen LogP contribution in [0.1, 0.15) is 5.56 Å². The van der Waals surface area contributed by atoms with Crippen LogP contribution in [0.5, 0.6) is 17.2 Å². The molecule has 0 saturated carbocycles. The van der Waals surface area contributed by atoms with Gasteiger partial charge in [0.1, 0.15) is 11.4 Å². The Bertz CT molecular complexity index is 915. The highest BCUT2D eigenvalue weighted by Crippen LogP contribution is 2.47. The standard InChI is InChI=1S/C20H23N3O5S/c1-26-14-9-13(21)15(17(28-3)16(14)27-2)11-6-4-10(5-7-11)8-12-18(24)22-20(29)23-19(12)25/h4-7,9,12,20,29H,8,21H2,1-3H3,(H,22,24)(H,23,25). The first-order valence-corrected chi connectivity index (χ1v) is 9.37. The molecule has 8 nitrogen and oxygen atoms in total. The highest BCUT2D eigenvalue weighted by Gasteiger charge is 2.33. The topological polar surface area (TPSA) is 112 Å². The van der Waals surface area contributed by atoms with E-state index in [9.17, 15) is 9.59 Å². The molecule has 2 aromatic rings. The van der Waals surface area contributed by atoms with Crippen molar-refractivity contribution in [2.75, 3.05) is 27.1 Å². The summed E-state index contributed by atoms with van der Waals surface area (Å²) in [5.74, 6) is -0.112. The number of carbonyl (C=O) groups excluding carboxylic acids is 2. The van der Waals surface area contributed by atoms with E-state index in [-0.39, 0.29) is 18.2 Å². The van der Waals surface area contributed by atoms with E-state index in [1.54, 1.807) is 6.07 Å². The van der Waals surface area contributed by atoms with Gasteiger partial charge in [0.25, 0.3) is 0 Å². The molecule has 1 fully saturated rings. The van der Waals surface area contributed by atoms with E-state index in [4.69, 9.17) is 19.9 Å². The van der Waals surface area contributed by atoms with Gasteiger partial charge in [0, 0.05) is 11.8 Å². The van der Waals surface area contributed by atoms with Crippen molar-refractivity contribution in [1.82, 2.24) is 10.6 Å². The van der Waals surface area contributed by atoms with Gasteiger partial charge in [0.15, 0.2) is 11.5 Å². The number of hydrogen-bond acceptors (Lipinski definition) is 7. The zero-order valence-corrected chi connectivity index (χ0v) is 17.2. The van der Waals surface area contributed by atoms with Crippen molar-refractivity contribution in [3.05, 3.63) is 35.9 Å². The van der Waals surface area contributed by atoms with Gasteiger partial charge in [-0.15, -0.1) is 12.6 Å². The van der Waals surface area contributed by atoms with Gasteiger partial charge in [-0.05, 0) is 17.5 Å². The summed E-state index contributed by atoms with van der Waals surface area (Å²) in [6, 6.07) is 9.08. The van der Waals surface area contributed by atoms with E-state index in [2.05, 4.69) is 23.3 Å². The molecular weight excluding hydrogens is 394 g/mol. The molecule has 0 radical (unpaired) electrons. The lowest BCUT2D eigenvalue weighted by atomic mass is 9.94. The maximum atomic E-state index is 12.1. The highest BCUT2D eigenvalue weighted by molar-refractivity contribution is 7.80. The van der Waals surface area contributed by atoms with Crippen molar-refractivity contribution in [3.63, 3.8) is 0 Å². The zero-order valence-electron chi connectivity index (χ0n) is 16.3. The summed E-state index contributed by atoms with van der Waals surface area (Å²) in [7, 11) is 4.58. The molecule has 154 valence electrons. The smallest absolute Gasteiger partial charge is 0.235 e. The lowest BCUT2D eigenvalue weighted by Crippen LogP contribution is -2.57. The summed E-state index contributed by atoms with van der Waals surface area (Å²) >= 11 is 4.05. The number of rotatable bonds is 6. The molecule has 0 aliphatic carbocycles. The van der Waals surface area contributed by atoms with Crippen molar-refractivity contribution in [2.45, 2.75) is 11.9 Å². The van der Waals surface area contributed by atoms with Crippen LogP contribution in [0.4, 0.5) is 5.69 Å². The van der Waals surface area contributed by atoms with E-state index in [1.165, 1.54) is 21.3 Å². The first-order chi connectivity index (χ1) is 13.9. The summed E-state index contributed by atoms with van der Waals surface area (Å²) in [5.41, 5.74) is 8.35. The predicted molar refractivity (Wildman–Crippen MR) is 112 cm³/mol.